The number of ketones is 1. The van der Waals surface area contributed by atoms with Gasteiger partial charge in [-0.25, -0.2) is 0 Å². The summed E-state index contributed by atoms with van der Waals surface area (Å²) in [6.07, 6.45) is 1.74. The van der Waals surface area contributed by atoms with Crippen molar-refractivity contribution in [3.63, 3.8) is 0 Å². The van der Waals surface area contributed by atoms with Crippen LogP contribution in [-0.2, 0) is 7.05 Å². The van der Waals surface area contributed by atoms with Crippen LogP contribution >= 0.6 is 11.3 Å². The van der Waals surface area contributed by atoms with Gasteiger partial charge in [-0.05, 0) is 46.2 Å². The Morgan fingerprint density at radius 2 is 1.56 bits per heavy atom. The third kappa shape index (κ3) is 3.19. The van der Waals surface area contributed by atoms with E-state index in [0.717, 1.165) is 32.1 Å². The Morgan fingerprint density at radius 1 is 0.824 bits per heavy atom. The number of hydrogen-bond donors (Lipinski definition) is 1. The Bertz CT molecular complexity index is 1750. The summed E-state index contributed by atoms with van der Waals surface area (Å²) in [5, 5.41) is 21.6. The van der Waals surface area contributed by atoms with Crippen molar-refractivity contribution < 1.29 is 9.90 Å². The number of carbonyl (C=O) groups is 1. The number of aromatic nitrogens is 1. The SMILES string of the molecule is Cn1c(=N/N=C2/C=C(c3c(O)ccc4ccccc34)c3ccccc3C2=O)sc2ccccc21. The molecule has 1 aliphatic rings. The van der Waals surface area contributed by atoms with Crippen LogP contribution in [0.1, 0.15) is 21.5 Å². The van der Waals surface area contributed by atoms with E-state index >= 15 is 0 Å². The van der Waals surface area contributed by atoms with E-state index in [9.17, 15) is 9.90 Å². The second kappa shape index (κ2) is 7.93. The van der Waals surface area contributed by atoms with Gasteiger partial charge in [-0.15, -0.1) is 10.2 Å². The zero-order valence-electron chi connectivity index (χ0n) is 18.3. The number of aryl methyl sites for hydroxylation is 1. The monoisotopic (exact) mass is 461 g/mol. The van der Waals surface area contributed by atoms with Crippen molar-refractivity contribution in [2.75, 3.05) is 0 Å². The number of phenolic OH excluding ortho intramolecular Hbond substituents is 1. The molecule has 5 nitrogen and oxygen atoms in total. The summed E-state index contributed by atoms with van der Waals surface area (Å²) in [7, 11) is 1.94. The first-order valence-corrected chi connectivity index (χ1v) is 11.7. The standard InChI is InChI=1S/C28H19N3O2S/c1-31-23-12-6-7-13-25(23)34-28(31)30-29-22-16-21(19-10-4-5-11-20(19)27(22)33)26-18-9-3-2-8-17(18)14-15-24(26)32/h2-16,32H,1H3/b29-22-,30-28?. The first kappa shape index (κ1) is 20.3. The minimum Gasteiger partial charge on any atom is -0.507 e. The number of phenols is 1. The number of hydrogen-bond acceptors (Lipinski definition) is 5. The van der Waals surface area contributed by atoms with Crippen molar-refractivity contribution in [2.45, 2.75) is 0 Å². The van der Waals surface area contributed by atoms with Gasteiger partial charge in [0.25, 0.3) is 0 Å². The number of allylic oxidation sites excluding steroid dienone is 1. The van der Waals surface area contributed by atoms with Gasteiger partial charge in [0.05, 0.1) is 10.2 Å². The molecule has 164 valence electrons. The van der Waals surface area contributed by atoms with E-state index in [-0.39, 0.29) is 17.2 Å². The summed E-state index contributed by atoms with van der Waals surface area (Å²) >= 11 is 1.52. The van der Waals surface area contributed by atoms with Crippen molar-refractivity contribution in [1.82, 2.24) is 4.57 Å². The first-order valence-electron chi connectivity index (χ1n) is 10.8. The molecule has 0 amide bonds. The van der Waals surface area contributed by atoms with Gasteiger partial charge in [0.1, 0.15) is 11.5 Å². The number of fused-ring (bicyclic) bond motifs is 3. The van der Waals surface area contributed by atoms with Crippen molar-refractivity contribution in [2.24, 2.45) is 17.3 Å². The minimum absolute atomic E-state index is 0.154. The van der Waals surface area contributed by atoms with E-state index in [1.165, 1.54) is 11.3 Å². The Kier molecular flexibility index (Phi) is 4.74. The molecular formula is C28H19N3O2S. The smallest absolute Gasteiger partial charge is 0.213 e. The molecule has 6 heteroatoms. The van der Waals surface area contributed by atoms with E-state index in [1.54, 1.807) is 18.2 Å². The van der Waals surface area contributed by atoms with Gasteiger partial charge in [-0.3, -0.25) is 4.79 Å². The zero-order chi connectivity index (χ0) is 23.2. The lowest BCUT2D eigenvalue weighted by Gasteiger charge is -2.20. The molecule has 0 spiro atoms. The van der Waals surface area contributed by atoms with Crippen LogP contribution in [0.2, 0.25) is 0 Å². The average molecular weight is 462 g/mol. The number of para-hydroxylation sites is 1. The van der Waals surface area contributed by atoms with E-state index in [1.807, 2.05) is 84.4 Å². The number of Topliss-reactive ketones (excluding diaryl/α,β-unsaturated/α-hetero) is 1. The molecule has 0 unspecified atom stereocenters. The zero-order valence-corrected chi connectivity index (χ0v) is 19.1. The fourth-order valence-corrected chi connectivity index (χ4v) is 5.40. The molecule has 34 heavy (non-hydrogen) atoms. The molecule has 1 aliphatic carbocycles. The maximum atomic E-state index is 13.3. The van der Waals surface area contributed by atoms with Gasteiger partial charge in [-0.1, -0.05) is 78.1 Å². The summed E-state index contributed by atoms with van der Waals surface area (Å²) in [5.41, 5.74) is 4.03. The van der Waals surface area contributed by atoms with Crippen LogP contribution < -0.4 is 4.80 Å². The first-order chi connectivity index (χ1) is 16.6. The number of rotatable bonds is 2. The van der Waals surface area contributed by atoms with Crippen LogP contribution in [0.4, 0.5) is 0 Å². The van der Waals surface area contributed by atoms with Crippen molar-refractivity contribution >= 4 is 49.4 Å². The minimum atomic E-state index is -0.188. The van der Waals surface area contributed by atoms with Crippen LogP contribution in [0.25, 0.3) is 26.6 Å². The highest BCUT2D eigenvalue weighted by atomic mass is 32.1. The highest BCUT2D eigenvalue weighted by molar-refractivity contribution is 7.16. The molecule has 0 saturated heterocycles. The number of nitrogens with zero attached hydrogens (tertiary/aromatic N) is 3. The molecule has 4 aromatic carbocycles. The molecule has 0 saturated carbocycles. The Morgan fingerprint density at radius 3 is 2.41 bits per heavy atom. The predicted octanol–water partition coefficient (Wildman–Crippen LogP) is 5.68. The van der Waals surface area contributed by atoms with Gasteiger partial charge in [0.15, 0.2) is 0 Å². The van der Waals surface area contributed by atoms with Crippen molar-refractivity contribution in [1.29, 1.82) is 0 Å². The largest absolute Gasteiger partial charge is 0.507 e. The Labute approximate surface area is 199 Å². The number of aromatic hydroxyl groups is 1. The lowest BCUT2D eigenvalue weighted by Crippen LogP contribution is -2.20. The lowest BCUT2D eigenvalue weighted by molar-refractivity contribution is 0.106. The molecule has 0 fully saturated rings. The van der Waals surface area contributed by atoms with Gasteiger partial charge < -0.3 is 9.67 Å². The molecular weight excluding hydrogens is 442 g/mol. The molecule has 0 radical (unpaired) electrons. The second-order valence-corrected chi connectivity index (χ2v) is 9.12. The van der Waals surface area contributed by atoms with Gasteiger partial charge in [0.2, 0.25) is 10.6 Å². The molecule has 0 atom stereocenters. The normalized spacial score (nSPS) is 15.2. The number of carbonyl (C=O) groups excluding carboxylic acids is 1. The predicted molar refractivity (Wildman–Crippen MR) is 137 cm³/mol. The maximum absolute atomic E-state index is 13.3. The number of benzene rings is 4. The van der Waals surface area contributed by atoms with E-state index in [4.69, 9.17) is 0 Å². The average Bonchev–Trinajstić information content (AvgIpc) is 3.19. The molecule has 1 N–H and O–H groups in total. The highest BCUT2D eigenvalue weighted by Crippen LogP contribution is 2.39. The van der Waals surface area contributed by atoms with Gasteiger partial charge in [0, 0.05) is 18.2 Å². The summed E-state index contributed by atoms with van der Waals surface area (Å²) in [6.45, 7) is 0. The van der Waals surface area contributed by atoms with Crippen LogP contribution in [0.3, 0.4) is 0 Å². The summed E-state index contributed by atoms with van der Waals surface area (Å²) in [5.74, 6) is -0.0344. The molecule has 5 aromatic rings. The van der Waals surface area contributed by atoms with Crippen LogP contribution in [0, 0.1) is 0 Å². The quantitative estimate of drug-likeness (QED) is 0.344. The fraction of sp³-hybridized carbons (Fsp3) is 0.0357. The van der Waals surface area contributed by atoms with Gasteiger partial charge >= 0.3 is 0 Å². The van der Waals surface area contributed by atoms with Crippen LogP contribution in [-0.4, -0.2) is 21.2 Å². The Hall–Kier alpha value is -4.29. The van der Waals surface area contributed by atoms with Gasteiger partial charge in [-0.2, -0.15) is 0 Å². The van der Waals surface area contributed by atoms with E-state index < -0.39 is 0 Å². The topological polar surface area (TPSA) is 66.9 Å². The molecule has 1 heterocycles. The molecule has 0 bridgehead atoms. The third-order valence-electron chi connectivity index (χ3n) is 6.11. The summed E-state index contributed by atoms with van der Waals surface area (Å²) in [4.78, 5) is 14.0. The fourth-order valence-electron chi connectivity index (χ4n) is 4.43. The molecule has 6 rings (SSSR count). The maximum Gasteiger partial charge on any atom is 0.213 e. The highest BCUT2D eigenvalue weighted by Gasteiger charge is 2.27. The lowest BCUT2D eigenvalue weighted by atomic mass is 9.83. The summed E-state index contributed by atoms with van der Waals surface area (Å²) in [6, 6.07) is 26.9. The number of thiazole rings is 1. The molecule has 0 aliphatic heterocycles. The van der Waals surface area contributed by atoms with Crippen molar-refractivity contribution in [3.8, 4) is 5.75 Å². The van der Waals surface area contributed by atoms with Crippen LogP contribution in [0.15, 0.2) is 101 Å². The summed E-state index contributed by atoms with van der Waals surface area (Å²) < 4.78 is 3.06. The second-order valence-electron chi connectivity index (χ2n) is 8.11. The Balaban J connectivity index is 1.60. The molecule has 1 aromatic heterocycles. The van der Waals surface area contributed by atoms with Crippen LogP contribution in [0.5, 0.6) is 5.75 Å². The van der Waals surface area contributed by atoms with Crippen molar-refractivity contribution in [3.05, 3.63) is 112 Å². The third-order valence-corrected chi connectivity index (χ3v) is 7.21. The van der Waals surface area contributed by atoms with E-state index in [0.29, 0.717) is 15.9 Å². The van der Waals surface area contributed by atoms with E-state index in [2.05, 4.69) is 10.2 Å².